The van der Waals surface area contributed by atoms with E-state index in [0.29, 0.717) is 0 Å². The van der Waals surface area contributed by atoms with Crippen LogP contribution in [0.15, 0.2) is 24.3 Å². The van der Waals surface area contributed by atoms with E-state index in [-0.39, 0.29) is 0 Å². The van der Waals surface area contributed by atoms with Gasteiger partial charge in [-0.15, -0.1) is 0 Å². The normalized spacial score (nSPS) is 10.9. The van der Waals surface area contributed by atoms with Crippen molar-refractivity contribution in [3.05, 3.63) is 52.3 Å². The maximum atomic E-state index is 4.44. The molecule has 0 saturated heterocycles. The zero-order valence-electron chi connectivity index (χ0n) is 12.3. The summed E-state index contributed by atoms with van der Waals surface area (Å²) in [6, 6.07) is 8.82. The summed E-state index contributed by atoms with van der Waals surface area (Å²) in [6.45, 7) is 8.15. The van der Waals surface area contributed by atoms with E-state index in [1.54, 1.807) is 0 Å². The van der Waals surface area contributed by atoms with Crippen LogP contribution >= 0.6 is 0 Å². The SMILES string of the molecule is CCc1ccc(CNCc2c(C)nn(C)c2C)cc1. The summed E-state index contributed by atoms with van der Waals surface area (Å²) in [5.74, 6) is 0. The molecule has 0 saturated carbocycles. The molecule has 1 aromatic heterocycles. The third kappa shape index (κ3) is 3.24. The Bertz CT molecular complexity index is 538. The number of hydrogen-bond donors (Lipinski definition) is 1. The summed E-state index contributed by atoms with van der Waals surface area (Å²) in [4.78, 5) is 0. The van der Waals surface area contributed by atoms with E-state index in [0.717, 1.165) is 25.2 Å². The summed E-state index contributed by atoms with van der Waals surface area (Å²) < 4.78 is 1.95. The first-order valence-corrected chi connectivity index (χ1v) is 6.89. The van der Waals surface area contributed by atoms with Gasteiger partial charge >= 0.3 is 0 Å². The van der Waals surface area contributed by atoms with Gasteiger partial charge in [0.2, 0.25) is 0 Å². The van der Waals surface area contributed by atoms with Crippen molar-refractivity contribution in [1.29, 1.82) is 0 Å². The Kier molecular flexibility index (Phi) is 4.38. The number of rotatable bonds is 5. The predicted octanol–water partition coefficient (Wildman–Crippen LogP) is 2.89. The van der Waals surface area contributed by atoms with E-state index < -0.39 is 0 Å². The molecule has 0 aliphatic heterocycles. The van der Waals surface area contributed by atoms with Gasteiger partial charge in [0.05, 0.1) is 5.69 Å². The molecule has 1 heterocycles. The smallest absolute Gasteiger partial charge is 0.0641 e. The zero-order chi connectivity index (χ0) is 13.8. The molecular formula is C16H23N3. The van der Waals surface area contributed by atoms with Gasteiger partial charge < -0.3 is 5.32 Å². The summed E-state index contributed by atoms with van der Waals surface area (Å²) in [7, 11) is 2.00. The minimum Gasteiger partial charge on any atom is -0.308 e. The first kappa shape index (κ1) is 13.8. The molecule has 3 heteroatoms. The fourth-order valence-electron chi connectivity index (χ4n) is 2.30. The van der Waals surface area contributed by atoms with Crippen LogP contribution in [0.1, 0.15) is 35.0 Å². The van der Waals surface area contributed by atoms with Crippen LogP contribution in [0, 0.1) is 13.8 Å². The van der Waals surface area contributed by atoms with E-state index in [4.69, 9.17) is 0 Å². The number of nitrogens with zero attached hydrogens (tertiary/aromatic N) is 2. The lowest BCUT2D eigenvalue weighted by Gasteiger charge is -2.06. The van der Waals surface area contributed by atoms with Gasteiger partial charge in [0, 0.05) is 31.4 Å². The first-order chi connectivity index (χ1) is 9.11. The summed E-state index contributed by atoms with van der Waals surface area (Å²) >= 11 is 0. The molecule has 3 nitrogen and oxygen atoms in total. The molecule has 0 unspecified atom stereocenters. The molecule has 19 heavy (non-hydrogen) atoms. The molecular weight excluding hydrogens is 234 g/mol. The average Bonchev–Trinajstić information content (AvgIpc) is 2.66. The van der Waals surface area contributed by atoms with Crippen LogP contribution in [-0.2, 0) is 26.6 Å². The van der Waals surface area contributed by atoms with E-state index in [2.05, 4.69) is 55.5 Å². The van der Waals surface area contributed by atoms with Crippen LogP contribution < -0.4 is 5.32 Å². The maximum absolute atomic E-state index is 4.44. The fourth-order valence-corrected chi connectivity index (χ4v) is 2.30. The highest BCUT2D eigenvalue weighted by atomic mass is 15.3. The molecule has 102 valence electrons. The van der Waals surface area contributed by atoms with E-state index >= 15 is 0 Å². The van der Waals surface area contributed by atoms with Gasteiger partial charge in [-0.3, -0.25) is 4.68 Å². The van der Waals surface area contributed by atoms with Crippen molar-refractivity contribution in [2.45, 2.75) is 40.3 Å². The van der Waals surface area contributed by atoms with Crippen molar-refractivity contribution < 1.29 is 0 Å². The Balaban J connectivity index is 1.92. The number of hydrogen-bond acceptors (Lipinski definition) is 2. The zero-order valence-corrected chi connectivity index (χ0v) is 12.3. The van der Waals surface area contributed by atoms with Crippen LogP contribution in [0.25, 0.3) is 0 Å². The highest BCUT2D eigenvalue weighted by Crippen LogP contribution is 2.12. The first-order valence-electron chi connectivity index (χ1n) is 6.89. The molecule has 0 fully saturated rings. The van der Waals surface area contributed by atoms with Gasteiger partial charge in [0.15, 0.2) is 0 Å². The minimum absolute atomic E-state index is 0.876. The summed E-state index contributed by atoms with van der Waals surface area (Å²) in [5.41, 5.74) is 6.40. The maximum Gasteiger partial charge on any atom is 0.0641 e. The van der Waals surface area contributed by atoms with E-state index in [1.807, 2.05) is 11.7 Å². The molecule has 2 aromatic rings. The number of aromatic nitrogens is 2. The monoisotopic (exact) mass is 257 g/mol. The Morgan fingerprint density at radius 2 is 1.68 bits per heavy atom. The summed E-state index contributed by atoms with van der Waals surface area (Å²) in [5, 5.41) is 7.93. The van der Waals surface area contributed by atoms with Gasteiger partial charge in [0.25, 0.3) is 0 Å². The second-order valence-corrected chi connectivity index (χ2v) is 5.05. The second-order valence-electron chi connectivity index (χ2n) is 5.05. The fraction of sp³-hybridized carbons (Fsp3) is 0.438. The van der Waals surface area contributed by atoms with Crippen LogP contribution in [-0.4, -0.2) is 9.78 Å². The van der Waals surface area contributed by atoms with E-state index in [1.165, 1.54) is 22.4 Å². The van der Waals surface area contributed by atoms with Gasteiger partial charge in [-0.1, -0.05) is 31.2 Å². The van der Waals surface area contributed by atoms with Crippen LogP contribution in [0.4, 0.5) is 0 Å². The van der Waals surface area contributed by atoms with Crippen molar-refractivity contribution >= 4 is 0 Å². The quantitative estimate of drug-likeness (QED) is 0.892. The molecule has 2 rings (SSSR count). The molecule has 1 N–H and O–H groups in total. The highest BCUT2D eigenvalue weighted by molar-refractivity contribution is 5.25. The molecule has 0 atom stereocenters. The van der Waals surface area contributed by atoms with Gasteiger partial charge in [-0.05, 0) is 31.4 Å². The second kappa shape index (κ2) is 6.02. The van der Waals surface area contributed by atoms with Gasteiger partial charge in [0.1, 0.15) is 0 Å². The standard InChI is InChI=1S/C16H23N3/c1-5-14-6-8-15(9-7-14)10-17-11-16-12(2)18-19(4)13(16)3/h6-9,17H,5,10-11H2,1-4H3. The third-order valence-electron chi connectivity index (χ3n) is 3.72. The molecule has 0 bridgehead atoms. The van der Waals surface area contributed by atoms with Crippen LogP contribution in [0.3, 0.4) is 0 Å². The highest BCUT2D eigenvalue weighted by Gasteiger charge is 2.08. The molecule has 1 aromatic carbocycles. The lowest BCUT2D eigenvalue weighted by molar-refractivity contribution is 0.684. The predicted molar refractivity (Wildman–Crippen MR) is 79.0 cm³/mol. The van der Waals surface area contributed by atoms with Crippen molar-refractivity contribution in [2.75, 3.05) is 0 Å². The molecule has 0 aliphatic rings. The molecule has 0 aliphatic carbocycles. The number of aryl methyl sites for hydroxylation is 3. The molecule has 0 spiro atoms. The van der Waals surface area contributed by atoms with Crippen molar-refractivity contribution in [3.8, 4) is 0 Å². The number of nitrogens with one attached hydrogen (secondary N) is 1. The molecule has 0 amide bonds. The Labute approximate surface area is 115 Å². The van der Waals surface area contributed by atoms with Crippen LogP contribution in [0.5, 0.6) is 0 Å². The third-order valence-corrected chi connectivity index (χ3v) is 3.72. The van der Waals surface area contributed by atoms with Crippen molar-refractivity contribution in [3.63, 3.8) is 0 Å². The summed E-state index contributed by atoms with van der Waals surface area (Å²) in [6.07, 6.45) is 1.10. The minimum atomic E-state index is 0.876. The van der Waals surface area contributed by atoms with Crippen LogP contribution in [0.2, 0.25) is 0 Å². The lowest BCUT2D eigenvalue weighted by Crippen LogP contribution is -2.13. The average molecular weight is 257 g/mol. The van der Waals surface area contributed by atoms with Crippen molar-refractivity contribution in [2.24, 2.45) is 7.05 Å². The van der Waals surface area contributed by atoms with Gasteiger partial charge in [-0.25, -0.2) is 0 Å². The van der Waals surface area contributed by atoms with Gasteiger partial charge in [-0.2, -0.15) is 5.10 Å². The Hall–Kier alpha value is -1.61. The Morgan fingerprint density at radius 3 is 2.21 bits per heavy atom. The topological polar surface area (TPSA) is 29.9 Å². The lowest BCUT2D eigenvalue weighted by atomic mass is 10.1. The van der Waals surface area contributed by atoms with E-state index in [9.17, 15) is 0 Å². The Morgan fingerprint density at radius 1 is 1.05 bits per heavy atom. The number of benzene rings is 1. The molecule has 0 radical (unpaired) electrons. The largest absolute Gasteiger partial charge is 0.308 e. The van der Waals surface area contributed by atoms with Crippen molar-refractivity contribution in [1.82, 2.24) is 15.1 Å².